The zero-order valence-electron chi connectivity index (χ0n) is 6.90. The van der Waals surface area contributed by atoms with E-state index in [9.17, 15) is 14.4 Å². The zero-order chi connectivity index (χ0) is 10.0. The molecule has 0 unspecified atom stereocenters. The van der Waals surface area contributed by atoms with E-state index in [1.165, 1.54) is 6.07 Å². The van der Waals surface area contributed by atoms with Crippen LogP contribution >= 0.6 is 0 Å². The lowest BCUT2D eigenvalue weighted by Crippen LogP contribution is -2.37. The van der Waals surface area contributed by atoms with Crippen LogP contribution in [0.25, 0.3) is 0 Å². The molecular weight excluding hydrogens is 176 g/mol. The van der Waals surface area contributed by atoms with E-state index < -0.39 is 23.8 Å². The molecule has 13 heavy (non-hydrogen) atoms. The van der Waals surface area contributed by atoms with Gasteiger partial charge in [0, 0.05) is 11.8 Å². The molecule has 0 spiro atoms. The van der Waals surface area contributed by atoms with Crippen molar-refractivity contribution in [3.8, 4) is 0 Å². The Morgan fingerprint density at radius 1 is 1.62 bits per heavy atom. The SMILES string of the molecule is Cc1cc(=O)n(CC(=O)O)c(=O)[nH]1. The first-order chi connectivity index (χ1) is 6.00. The summed E-state index contributed by atoms with van der Waals surface area (Å²) in [5.41, 5.74) is -0.896. The van der Waals surface area contributed by atoms with Crippen molar-refractivity contribution in [2.75, 3.05) is 0 Å². The van der Waals surface area contributed by atoms with Gasteiger partial charge in [0.2, 0.25) is 0 Å². The fourth-order valence-electron chi connectivity index (χ4n) is 0.920. The molecule has 1 aromatic heterocycles. The van der Waals surface area contributed by atoms with Crippen LogP contribution in [0.5, 0.6) is 0 Å². The summed E-state index contributed by atoms with van der Waals surface area (Å²) in [4.78, 5) is 34.7. The summed E-state index contributed by atoms with van der Waals surface area (Å²) in [6.45, 7) is 0.933. The molecule has 1 heterocycles. The first-order valence-electron chi connectivity index (χ1n) is 3.53. The van der Waals surface area contributed by atoms with Gasteiger partial charge in [-0.1, -0.05) is 0 Å². The average Bonchev–Trinajstić information content (AvgIpc) is 1.96. The largest absolute Gasteiger partial charge is 0.480 e. The molecule has 2 N–H and O–H groups in total. The smallest absolute Gasteiger partial charge is 0.329 e. The maximum atomic E-state index is 11.1. The first kappa shape index (κ1) is 9.24. The minimum absolute atomic E-state index is 0.414. The molecule has 0 saturated carbocycles. The van der Waals surface area contributed by atoms with Crippen molar-refractivity contribution < 1.29 is 9.90 Å². The van der Waals surface area contributed by atoms with E-state index in [4.69, 9.17) is 5.11 Å². The van der Waals surface area contributed by atoms with E-state index >= 15 is 0 Å². The highest BCUT2D eigenvalue weighted by Crippen LogP contribution is 1.79. The molecule has 0 amide bonds. The van der Waals surface area contributed by atoms with Crippen LogP contribution in [-0.4, -0.2) is 20.6 Å². The van der Waals surface area contributed by atoms with Gasteiger partial charge < -0.3 is 10.1 Å². The molecule has 0 bridgehead atoms. The van der Waals surface area contributed by atoms with Crippen molar-refractivity contribution in [2.45, 2.75) is 13.5 Å². The van der Waals surface area contributed by atoms with Crippen LogP contribution in [0.3, 0.4) is 0 Å². The maximum Gasteiger partial charge on any atom is 0.329 e. The molecule has 1 rings (SSSR count). The quantitative estimate of drug-likeness (QED) is 0.612. The molecule has 0 aliphatic rings. The lowest BCUT2D eigenvalue weighted by molar-refractivity contribution is -0.137. The highest BCUT2D eigenvalue weighted by molar-refractivity contribution is 5.66. The van der Waals surface area contributed by atoms with E-state index in [2.05, 4.69) is 4.98 Å². The van der Waals surface area contributed by atoms with Gasteiger partial charge in [-0.2, -0.15) is 0 Å². The Balaban J connectivity index is 3.30. The van der Waals surface area contributed by atoms with Gasteiger partial charge in [0.15, 0.2) is 0 Å². The third kappa shape index (κ3) is 2.05. The van der Waals surface area contributed by atoms with E-state index in [1.54, 1.807) is 6.92 Å². The molecule has 0 aliphatic heterocycles. The number of nitrogens with one attached hydrogen (secondary N) is 1. The van der Waals surface area contributed by atoms with E-state index in [0.717, 1.165) is 0 Å². The van der Waals surface area contributed by atoms with E-state index in [1.807, 2.05) is 0 Å². The second-order valence-corrected chi connectivity index (χ2v) is 2.58. The second-order valence-electron chi connectivity index (χ2n) is 2.58. The zero-order valence-corrected chi connectivity index (χ0v) is 6.90. The summed E-state index contributed by atoms with van der Waals surface area (Å²) >= 11 is 0. The number of carboxylic acid groups (broad SMARTS) is 1. The molecule has 0 radical (unpaired) electrons. The van der Waals surface area contributed by atoms with Crippen molar-refractivity contribution >= 4 is 5.97 Å². The van der Waals surface area contributed by atoms with E-state index in [-0.39, 0.29) is 0 Å². The van der Waals surface area contributed by atoms with Gasteiger partial charge in [0.1, 0.15) is 6.54 Å². The lowest BCUT2D eigenvalue weighted by atomic mass is 10.4. The number of nitrogens with zero attached hydrogens (tertiary/aromatic N) is 1. The van der Waals surface area contributed by atoms with Gasteiger partial charge in [-0.3, -0.25) is 9.59 Å². The monoisotopic (exact) mass is 184 g/mol. The lowest BCUT2D eigenvalue weighted by Gasteiger charge is -1.99. The predicted molar refractivity (Wildman–Crippen MR) is 43.7 cm³/mol. The van der Waals surface area contributed by atoms with Gasteiger partial charge >= 0.3 is 11.7 Å². The third-order valence-corrected chi connectivity index (χ3v) is 1.45. The van der Waals surface area contributed by atoms with Crippen LogP contribution in [0.2, 0.25) is 0 Å². The number of carboxylic acids is 1. The average molecular weight is 184 g/mol. The van der Waals surface area contributed by atoms with Crippen molar-refractivity contribution in [3.63, 3.8) is 0 Å². The number of carbonyl (C=O) groups is 1. The standard InChI is InChI=1S/C7H8N2O4/c1-4-2-5(10)9(3-6(11)12)7(13)8-4/h2H,3H2,1H3,(H,8,13)(H,11,12). The predicted octanol–water partition coefficient (Wildman–Crippen LogP) is -1.07. The minimum atomic E-state index is -1.23. The normalized spacial score (nSPS) is 9.92. The summed E-state index contributed by atoms with van der Waals surface area (Å²) < 4.78 is 0.620. The number of aryl methyl sites for hydroxylation is 1. The van der Waals surface area contributed by atoms with Crippen LogP contribution in [0, 0.1) is 6.92 Å². The summed E-state index contributed by atoms with van der Waals surface area (Å²) in [7, 11) is 0. The van der Waals surface area contributed by atoms with Crippen LogP contribution in [0.15, 0.2) is 15.7 Å². The fraction of sp³-hybridized carbons (Fsp3) is 0.286. The topological polar surface area (TPSA) is 92.2 Å². The summed E-state index contributed by atoms with van der Waals surface area (Å²) in [6.07, 6.45) is 0. The first-order valence-corrected chi connectivity index (χ1v) is 3.53. The number of aromatic nitrogens is 2. The number of aliphatic carboxylic acids is 1. The van der Waals surface area contributed by atoms with Crippen molar-refractivity contribution in [3.05, 3.63) is 32.6 Å². The van der Waals surface area contributed by atoms with Crippen LogP contribution in [0.4, 0.5) is 0 Å². The van der Waals surface area contributed by atoms with Gasteiger partial charge in [-0.15, -0.1) is 0 Å². The second kappa shape index (κ2) is 3.26. The van der Waals surface area contributed by atoms with Gasteiger partial charge in [-0.25, -0.2) is 9.36 Å². The third-order valence-electron chi connectivity index (χ3n) is 1.45. The summed E-state index contributed by atoms with van der Waals surface area (Å²) in [5, 5.41) is 8.37. The number of rotatable bonds is 2. The molecule has 0 saturated heterocycles. The van der Waals surface area contributed by atoms with Crippen LogP contribution in [-0.2, 0) is 11.3 Å². The maximum absolute atomic E-state index is 11.1. The Labute approximate surface area is 72.5 Å². The molecular formula is C7H8N2O4. The Morgan fingerprint density at radius 3 is 2.69 bits per heavy atom. The highest BCUT2D eigenvalue weighted by atomic mass is 16.4. The van der Waals surface area contributed by atoms with Crippen molar-refractivity contribution in [1.29, 1.82) is 0 Å². The number of aromatic amines is 1. The molecule has 6 heteroatoms. The summed E-state index contributed by atoms with van der Waals surface area (Å²) in [5.74, 6) is -1.23. The molecule has 70 valence electrons. The van der Waals surface area contributed by atoms with Crippen molar-refractivity contribution in [1.82, 2.24) is 9.55 Å². The Kier molecular flexibility index (Phi) is 2.32. The molecule has 0 fully saturated rings. The summed E-state index contributed by atoms with van der Waals surface area (Å²) in [6, 6.07) is 1.17. The number of H-pyrrole nitrogens is 1. The molecule has 0 aromatic carbocycles. The Morgan fingerprint density at radius 2 is 2.23 bits per heavy atom. The van der Waals surface area contributed by atoms with E-state index in [0.29, 0.717) is 10.3 Å². The van der Waals surface area contributed by atoms with Gasteiger partial charge in [-0.05, 0) is 6.92 Å². The molecule has 6 nitrogen and oxygen atoms in total. The Hall–Kier alpha value is -1.85. The van der Waals surface area contributed by atoms with Crippen LogP contribution in [0.1, 0.15) is 5.69 Å². The minimum Gasteiger partial charge on any atom is -0.480 e. The molecule has 0 atom stereocenters. The molecule has 1 aromatic rings. The number of hydrogen-bond acceptors (Lipinski definition) is 3. The Bertz CT molecular complexity index is 411. The molecule has 0 aliphatic carbocycles. The van der Waals surface area contributed by atoms with Crippen molar-refractivity contribution in [2.24, 2.45) is 0 Å². The highest BCUT2D eigenvalue weighted by Gasteiger charge is 2.05. The van der Waals surface area contributed by atoms with Gasteiger partial charge in [0.05, 0.1) is 0 Å². The van der Waals surface area contributed by atoms with Gasteiger partial charge in [0.25, 0.3) is 5.56 Å². The number of hydrogen-bond donors (Lipinski definition) is 2. The fourth-order valence-corrected chi connectivity index (χ4v) is 0.920. The van der Waals surface area contributed by atoms with Crippen LogP contribution < -0.4 is 11.2 Å².